The molecule has 3 nitrogen and oxygen atoms in total. The molecule has 0 radical (unpaired) electrons. The Morgan fingerprint density at radius 1 is 1.25 bits per heavy atom. The second-order valence-corrected chi connectivity index (χ2v) is 2.71. The predicted octanol–water partition coefficient (Wildman–Crippen LogP) is 1.21. The van der Waals surface area contributed by atoms with Gasteiger partial charge in [-0.05, 0) is 13.0 Å². The van der Waals surface area contributed by atoms with Gasteiger partial charge >= 0.3 is 0 Å². The molecule has 1 saturated heterocycles. The zero-order chi connectivity index (χ0) is 8.81. The molecule has 0 atom stereocenters. The molecular weight excluding hydrogens is 152 g/mol. The molecule has 0 aliphatic carbocycles. The zero-order valence-electron chi connectivity index (χ0n) is 7.73. The van der Waals surface area contributed by atoms with Crippen LogP contribution >= 0.6 is 0 Å². The van der Waals surface area contributed by atoms with Crippen molar-refractivity contribution in [3.8, 4) is 0 Å². The molecule has 1 rings (SSSR count). The van der Waals surface area contributed by atoms with E-state index in [1.807, 2.05) is 30.2 Å². The van der Waals surface area contributed by atoms with Gasteiger partial charge in [-0.2, -0.15) is 5.06 Å². The average Bonchev–Trinajstić information content (AvgIpc) is 2.53. The van der Waals surface area contributed by atoms with Gasteiger partial charge in [-0.25, -0.2) is 0 Å². The summed E-state index contributed by atoms with van der Waals surface area (Å²) in [6.07, 6.45) is 8.16. The van der Waals surface area contributed by atoms with Gasteiger partial charge < -0.3 is 9.74 Å². The molecule has 0 amide bonds. The van der Waals surface area contributed by atoms with E-state index in [-0.39, 0.29) is 0 Å². The minimum Gasteiger partial charge on any atom is -0.361 e. The number of rotatable bonds is 3. The van der Waals surface area contributed by atoms with Crippen LogP contribution in [-0.2, 0) is 4.84 Å². The Labute approximate surface area is 73.9 Å². The molecule has 3 heteroatoms. The smallest absolute Gasteiger partial charge is 0.0942 e. The Morgan fingerprint density at radius 3 is 2.67 bits per heavy atom. The maximum Gasteiger partial charge on any atom is 0.0942 e. The van der Waals surface area contributed by atoms with Gasteiger partial charge in [-0.1, -0.05) is 12.2 Å². The first kappa shape index (κ1) is 9.29. The van der Waals surface area contributed by atoms with Crippen LogP contribution in [0.5, 0.6) is 0 Å². The van der Waals surface area contributed by atoms with Crippen LogP contribution in [0.4, 0.5) is 0 Å². The number of nitrogens with zero attached hydrogens (tertiary/aromatic N) is 2. The molecule has 0 saturated carbocycles. The Bertz CT molecular complexity index is 177. The molecule has 0 bridgehead atoms. The molecular formula is C9H16N2O. The summed E-state index contributed by atoms with van der Waals surface area (Å²) in [4.78, 5) is 7.30. The number of hydrogen-bond donors (Lipinski definition) is 0. The summed E-state index contributed by atoms with van der Waals surface area (Å²) in [6, 6.07) is 0. The normalized spacial score (nSPS) is 20.3. The fraction of sp³-hybridized carbons (Fsp3) is 0.556. The maximum absolute atomic E-state index is 5.09. The van der Waals surface area contributed by atoms with Gasteiger partial charge in [0.05, 0.1) is 13.8 Å². The van der Waals surface area contributed by atoms with E-state index in [1.165, 1.54) is 0 Å². The summed E-state index contributed by atoms with van der Waals surface area (Å²) in [7, 11) is 1.71. The van der Waals surface area contributed by atoms with E-state index in [2.05, 4.69) is 11.1 Å². The van der Waals surface area contributed by atoms with Crippen LogP contribution in [0.25, 0.3) is 0 Å². The number of hydroxylamine groups is 2. The molecule has 0 unspecified atom stereocenters. The van der Waals surface area contributed by atoms with Crippen molar-refractivity contribution in [2.24, 2.45) is 0 Å². The van der Waals surface area contributed by atoms with E-state index >= 15 is 0 Å². The van der Waals surface area contributed by atoms with Crippen molar-refractivity contribution >= 4 is 0 Å². The average molecular weight is 168 g/mol. The number of allylic oxidation sites excluding steroid dienone is 3. The standard InChI is InChI=1S/C9H16N2O/c1-3-4-5-6-10-7-8-11(9-10)12-2/h3-6H,7-9H2,1-2H3/b4-3-,6-5-. The van der Waals surface area contributed by atoms with Crippen molar-refractivity contribution in [1.29, 1.82) is 0 Å². The van der Waals surface area contributed by atoms with Crippen LogP contribution < -0.4 is 0 Å². The van der Waals surface area contributed by atoms with Gasteiger partial charge in [0.15, 0.2) is 0 Å². The van der Waals surface area contributed by atoms with Crippen molar-refractivity contribution in [2.45, 2.75) is 6.92 Å². The van der Waals surface area contributed by atoms with Gasteiger partial charge in [0.2, 0.25) is 0 Å². The minimum absolute atomic E-state index is 0.866. The Kier molecular flexibility index (Phi) is 3.84. The first-order chi connectivity index (χ1) is 5.86. The Balaban J connectivity index is 2.27. The highest BCUT2D eigenvalue weighted by Gasteiger charge is 2.15. The first-order valence-electron chi connectivity index (χ1n) is 4.19. The quantitative estimate of drug-likeness (QED) is 0.589. The first-order valence-corrected chi connectivity index (χ1v) is 4.19. The predicted molar refractivity (Wildman–Crippen MR) is 49.2 cm³/mol. The summed E-state index contributed by atoms with van der Waals surface area (Å²) < 4.78 is 0. The SMILES string of the molecule is C/C=C\C=C/N1CCN(OC)C1. The van der Waals surface area contributed by atoms with Crippen molar-refractivity contribution in [1.82, 2.24) is 9.96 Å². The van der Waals surface area contributed by atoms with E-state index in [0.717, 1.165) is 19.8 Å². The highest BCUT2D eigenvalue weighted by molar-refractivity contribution is 5.01. The van der Waals surface area contributed by atoms with E-state index in [1.54, 1.807) is 7.11 Å². The molecule has 0 spiro atoms. The van der Waals surface area contributed by atoms with Gasteiger partial charge in [0.25, 0.3) is 0 Å². The fourth-order valence-electron chi connectivity index (χ4n) is 1.14. The van der Waals surface area contributed by atoms with Crippen LogP contribution in [-0.4, -0.2) is 36.8 Å². The topological polar surface area (TPSA) is 15.7 Å². The third kappa shape index (κ3) is 2.68. The van der Waals surface area contributed by atoms with Crippen molar-refractivity contribution < 1.29 is 4.84 Å². The summed E-state index contributed by atoms with van der Waals surface area (Å²) >= 11 is 0. The van der Waals surface area contributed by atoms with Crippen molar-refractivity contribution in [3.05, 3.63) is 24.4 Å². The molecule has 1 aliphatic heterocycles. The summed E-state index contributed by atoms with van der Waals surface area (Å²) in [6.45, 7) is 4.90. The van der Waals surface area contributed by atoms with Gasteiger partial charge in [-0.3, -0.25) is 0 Å². The van der Waals surface area contributed by atoms with Crippen molar-refractivity contribution in [2.75, 3.05) is 26.9 Å². The van der Waals surface area contributed by atoms with E-state index < -0.39 is 0 Å². The van der Waals surface area contributed by atoms with Crippen LogP contribution in [0.15, 0.2) is 24.4 Å². The second-order valence-electron chi connectivity index (χ2n) is 2.71. The Morgan fingerprint density at radius 2 is 2.08 bits per heavy atom. The Hall–Kier alpha value is -0.800. The van der Waals surface area contributed by atoms with Gasteiger partial charge in [0.1, 0.15) is 0 Å². The van der Waals surface area contributed by atoms with E-state index in [4.69, 9.17) is 4.84 Å². The highest BCUT2D eigenvalue weighted by Crippen LogP contribution is 2.04. The largest absolute Gasteiger partial charge is 0.361 e. The van der Waals surface area contributed by atoms with Crippen LogP contribution in [0.2, 0.25) is 0 Å². The molecule has 0 aromatic rings. The van der Waals surface area contributed by atoms with E-state index in [9.17, 15) is 0 Å². The van der Waals surface area contributed by atoms with Crippen LogP contribution in [0, 0.1) is 0 Å². The summed E-state index contributed by atoms with van der Waals surface area (Å²) in [5, 5.41) is 1.93. The molecule has 0 N–H and O–H groups in total. The molecule has 12 heavy (non-hydrogen) atoms. The lowest BCUT2D eigenvalue weighted by Gasteiger charge is -2.13. The highest BCUT2D eigenvalue weighted by atomic mass is 16.7. The molecule has 1 fully saturated rings. The van der Waals surface area contributed by atoms with E-state index in [0.29, 0.717) is 0 Å². The maximum atomic E-state index is 5.09. The molecule has 0 aromatic carbocycles. The van der Waals surface area contributed by atoms with Crippen LogP contribution in [0.1, 0.15) is 6.92 Å². The van der Waals surface area contributed by atoms with Crippen LogP contribution in [0.3, 0.4) is 0 Å². The lowest BCUT2D eigenvalue weighted by Crippen LogP contribution is -2.21. The van der Waals surface area contributed by atoms with Crippen molar-refractivity contribution in [3.63, 3.8) is 0 Å². The molecule has 68 valence electrons. The zero-order valence-corrected chi connectivity index (χ0v) is 7.73. The minimum atomic E-state index is 0.866. The number of hydrogen-bond acceptors (Lipinski definition) is 3. The van der Waals surface area contributed by atoms with Gasteiger partial charge in [-0.15, -0.1) is 0 Å². The fourth-order valence-corrected chi connectivity index (χ4v) is 1.14. The molecule has 0 aromatic heterocycles. The van der Waals surface area contributed by atoms with Gasteiger partial charge in [0, 0.05) is 19.3 Å². The summed E-state index contributed by atoms with van der Waals surface area (Å²) in [5.74, 6) is 0. The lowest BCUT2D eigenvalue weighted by molar-refractivity contribution is -0.119. The third-order valence-corrected chi connectivity index (χ3v) is 1.83. The third-order valence-electron chi connectivity index (χ3n) is 1.83. The second kappa shape index (κ2) is 4.95. The molecule has 1 heterocycles. The summed E-state index contributed by atoms with van der Waals surface area (Å²) in [5.41, 5.74) is 0. The molecule has 1 aliphatic rings. The lowest BCUT2D eigenvalue weighted by atomic mass is 10.5. The monoisotopic (exact) mass is 168 g/mol.